The van der Waals surface area contributed by atoms with E-state index < -0.39 is 42.0 Å². The van der Waals surface area contributed by atoms with E-state index in [2.05, 4.69) is 31.3 Å². The van der Waals surface area contributed by atoms with Gasteiger partial charge in [0.2, 0.25) is 0 Å². The quantitative estimate of drug-likeness (QED) is 0.282. The molecule has 12 nitrogen and oxygen atoms in total. The zero-order chi connectivity index (χ0) is 34.9. The number of rotatable bonds is 8. The van der Waals surface area contributed by atoms with Crippen LogP contribution in [0.5, 0.6) is 0 Å². The van der Waals surface area contributed by atoms with Crippen molar-refractivity contribution in [3.05, 3.63) is 94.0 Å². The maximum atomic E-state index is 14.6. The van der Waals surface area contributed by atoms with E-state index in [1.165, 1.54) is 33.9 Å². The SMILES string of the molecule is Cc1ccn(-c2cc(Br)ccc2C(OC2C=C(N3CCC4(CC3)C[C@@H](C(=O)O)N(C(=O)OCc3ccccc3)C4)NC(N)=N2)C(F)(F)F)n1. The van der Waals surface area contributed by atoms with Gasteiger partial charge >= 0.3 is 18.2 Å². The normalized spacial score (nSPS) is 21.2. The number of hydrogen-bond acceptors (Lipinski definition) is 9. The predicted molar refractivity (Wildman–Crippen MR) is 175 cm³/mol. The van der Waals surface area contributed by atoms with Crippen molar-refractivity contribution in [3.63, 3.8) is 0 Å². The second-order valence-electron chi connectivity index (χ2n) is 12.5. The molecule has 2 fully saturated rings. The molecule has 4 heterocycles. The molecule has 0 bridgehead atoms. The summed E-state index contributed by atoms with van der Waals surface area (Å²) >= 11 is 3.34. The van der Waals surface area contributed by atoms with Crippen LogP contribution in [0.2, 0.25) is 0 Å². The van der Waals surface area contributed by atoms with Gasteiger partial charge in [-0.15, -0.1) is 0 Å². The molecule has 3 aromatic rings. The first-order valence-electron chi connectivity index (χ1n) is 15.6. The summed E-state index contributed by atoms with van der Waals surface area (Å²) in [5.74, 6) is -0.784. The zero-order valence-corrected chi connectivity index (χ0v) is 28.0. The van der Waals surface area contributed by atoms with E-state index in [0.29, 0.717) is 41.9 Å². The van der Waals surface area contributed by atoms with Gasteiger partial charge in [-0.1, -0.05) is 52.3 Å². The van der Waals surface area contributed by atoms with Gasteiger partial charge in [0.15, 0.2) is 18.3 Å². The Kier molecular flexibility index (Phi) is 9.62. The molecule has 6 rings (SSSR count). The molecular formula is C33H35BrF3N7O5. The van der Waals surface area contributed by atoms with Gasteiger partial charge in [0.1, 0.15) is 18.5 Å². The van der Waals surface area contributed by atoms with E-state index in [0.717, 1.165) is 5.56 Å². The van der Waals surface area contributed by atoms with Crippen LogP contribution in [0.1, 0.15) is 42.2 Å². The highest BCUT2D eigenvalue weighted by Crippen LogP contribution is 2.45. The topological polar surface area (TPSA) is 148 Å². The summed E-state index contributed by atoms with van der Waals surface area (Å²) in [4.78, 5) is 32.5. The summed E-state index contributed by atoms with van der Waals surface area (Å²) in [5, 5.41) is 17.2. The number of aryl methyl sites for hydroxylation is 1. The molecule has 1 amide bonds. The first-order valence-corrected chi connectivity index (χ1v) is 16.4. The molecule has 1 aromatic heterocycles. The lowest BCUT2D eigenvalue weighted by molar-refractivity contribution is -0.231. The van der Waals surface area contributed by atoms with Crippen LogP contribution in [0.25, 0.3) is 5.69 Å². The number of guanidine groups is 1. The molecule has 4 N–H and O–H groups in total. The Hall–Kier alpha value is -4.57. The van der Waals surface area contributed by atoms with Crippen molar-refractivity contribution >= 4 is 34.0 Å². The maximum absolute atomic E-state index is 14.6. The molecule has 2 aromatic carbocycles. The Morgan fingerprint density at radius 2 is 1.90 bits per heavy atom. The number of nitrogens with zero attached hydrogens (tertiary/aromatic N) is 5. The van der Waals surface area contributed by atoms with Gasteiger partial charge in [-0.25, -0.2) is 19.3 Å². The smallest absolute Gasteiger partial charge is 0.419 e. The number of nitrogens with one attached hydrogen (secondary N) is 1. The van der Waals surface area contributed by atoms with Crippen molar-refractivity contribution in [1.82, 2.24) is 24.9 Å². The minimum Gasteiger partial charge on any atom is -0.480 e. The third-order valence-corrected chi connectivity index (χ3v) is 9.53. The van der Waals surface area contributed by atoms with Crippen LogP contribution in [-0.4, -0.2) is 80.8 Å². The Labute approximate surface area is 288 Å². The summed E-state index contributed by atoms with van der Waals surface area (Å²) in [5.41, 5.74) is 7.03. The first-order chi connectivity index (χ1) is 23.3. The number of halogens is 4. The van der Waals surface area contributed by atoms with Crippen LogP contribution >= 0.6 is 15.9 Å². The van der Waals surface area contributed by atoms with Crippen molar-refractivity contribution in [2.45, 2.75) is 57.3 Å². The number of benzene rings is 2. The number of ether oxygens (including phenoxy) is 2. The highest BCUT2D eigenvalue weighted by Gasteiger charge is 2.51. The number of carboxylic acids is 1. The Morgan fingerprint density at radius 1 is 1.16 bits per heavy atom. The molecule has 16 heteroatoms. The van der Waals surface area contributed by atoms with Crippen molar-refractivity contribution in [3.8, 4) is 5.69 Å². The van der Waals surface area contributed by atoms with Gasteiger partial charge in [0.25, 0.3) is 0 Å². The number of aliphatic imine (C=N–C) groups is 1. The molecule has 0 saturated carbocycles. The van der Waals surface area contributed by atoms with E-state index >= 15 is 0 Å². The number of likely N-dealkylation sites (tertiary alicyclic amines) is 2. The molecule has 2 unspecified atom stereocenters. The monoisotopic (exact) mass is 745 g/mol. The first kappa shape index (κ1) is 34.3. The number of hydrogen-bond donors (Lipinski definition) is 3. The molecule has 0 radical (unpaired) electrons. The van der Waals surface area contributed by atoms with Crippen molar-refractivity contribution in [2.75, 3.05) is 19.6 Å². The Bertz CT molecular complexity index is 1760. The second-order valence-corrected chi connectivity index (χ2v) is 13.4. The highest BCUT2D eigenvalue weighted by atomic mass is 79.9. The predicted octanol–water partition coefficient (Wildman–Crippen LogP) is 5.23. The number of aliphatic carboxylic acids is 1. The standard InChI is InChI=1S/C33H35BrF3N7O5/c1-20-9-12-44(41-20)24-15-22(34)7-8-23(24)28(33(35,36)37)49-27-16-26(39-30(38)40-27)42-13-10-32(11-14-42)17-25(29(45)46)43(19-32)31(47)48-18-21-5-3-2-4-6-21/h2-9,12,15-16,25,27-28H,10-11,13-14,17-19H2,1H3,(H,45,46)(H3,38,39,40)/t25-,27?,28?/m0/s1. The van der Waals surface area contributed by atoms with Crippen LogP contribution in [-0.2, 0) is 20.9 Å². The number of amides is 1. The molecule has 1 spiro atoms. The van der Waals surface area contributed by atoms with E-state index in [1.54, 1.807) is 19.2 Å². The van der Waals surface area contributed by atoms with Gasteiger partial charge in [-0.05, 0) is 55.4 Å². The van der Waals surface area contributed by atoms with Gasteiger partial charge in [0, 0.05) is 41.9 Å². The number of carbonyl (C=O) groups is 2. The van der Waals surface area contributed by atoms with Crippen molar-refractivity contribution in [2.24, 2.45) is 16.1 Å². The van der Waals surface area contributed by atoms with Crippen LogP contribution in [0.3, 0.4) is 0 Å². The van der Waals surface area contributed by atoms with Crippen LogP contribution < -0.4 is 11.1 Å². The summed E-state index contributed by atoms with van der Waals surface area (Å²) in [6.07, 6.45) is -4.88. The number of aromatic nitrogens is 2. The van der Waals surface area contributed by atoms with Gasteiger partial charge in [-0.2, -0.15) is 18.3 Å². The Balaban J connectivity index is 1.15. The molecule has 3 atom stereocenters. The van der Waals surface area contributed by atoms with E-state index in [-0.39, 0.29) is 36.8 Å². The van der Waals surface area contributed by atoms with Crippen molar-refractivity contribution < 1.29 is 37.3 Å². The third-order valence-electron chi connectivity index (χ3n) is 9.04. The van der Waals surface area contributed by atoms with Gasteiger partial charge in [0.05, 0.1) is 11.4 Å². The third kappa shape index (κ3) is 7.69. The number of carbonyl (C=O) groups excluding carboxylic acids is 1. The summed E-state index contributed by atoms with van der Waals surface area (Å²) in [7, 11) is 0. The fourth-order valence-electron chi connectivity index (χ4n) is 6.58. The highest BCUT2D eigenvalue weighted by molar-refractivity contribution is 9.10. The lowest BCUT2D eigenvalue weighted by atomic mass is 9.76. The lowest BCUT2D eigenvalue weighted by Gasteiger charge is -2.41. The van der Waals surface area contributed by atoms with E-state index in [1.807, 2.05) is 35.2 Å². The van der Waals surface area contributed by atoms with Crippen LogP contribution in [0.4, 0.5) is 18.0 Å². The maximum Gasteiger partial charge on any atom is 0.419 e. The summed E-state index contributed by atoms with van der Waals surface area (Å²) in [6.45, 7) is 2.83. The van der Waals surface area contributed by atoms with Crippen molar-refractivity contribution in [1.29, 1.82) is 0 Å². The molecule has 3 aliphatic heterocycles. The number of piperidine rings is 1. The minimum absolute atomic E-state index is 0.0244. The molecule has 2 saturated heterocycles. The number of carboxylic acid groups (broad SMARTS) is 1. The van der Waals surface area contributed by atoms with Crippen LogP contribution in [0.15, 0.2) is 82.2 Å². The largest absolute Gasteiger partial charge is 0.480 e. The summed E-state index contributed by atoms with van der Waals surface area (Å²) in [6, 6.07) is 14.2. The minimum atomic E-state index is -4.80. The average Bonchev–Trinajstić information content (AvgIpc) is 3.67. The molecule has 49 heavy (non-hydrogen) atoms. The lowest BCUT2D eigenvalue weighted by Crippen LogP contribution is -2.48. The van der Waals surface area contributed by atoms with Gasteiger partial charge < -0.3 is 30.5 Å². The molecule has 3 aliphatic rings. The Morgan fingerprint density at radius 3 is 2.55 bits per heavy atom. The molecule has 0 aliphatic carbocycles. The number of nitrogens with two attached hydrogens (primary N) is 1. The fraction of sp³-hybridized carbons (Fsp3) is 0.394. The van der Waals surface area contributed by atoms with E-state index in [9.17, 15) is 27.9 Å². The molecule has 260 valence electrons. The second kappa shape index (κ2) is 13.7. The average molecular weight is 747 g/mol. The van der Waals surface area contributed by atoms with Gasteiger partial charge in [-0.3, -0.25) is 4.90 Å². The van der Waals surface area contributed by atoms with Crippen LogP contribution in [0, 0.1) is 12.3 Å². The summed E-state index contributed by atoms with van der Waals surface area (Å²) < 4.78 is 56.9. The zero-order valence-electron chi connectivity index (χ0n) is 26.4. The number of alkyl halides is 3. The fourth-order valence-corrected chi connectivity index (χ4v) is 6.93. The van der Waals surface area contributed by atoms with E-state index in [4.69, 9.17) is 15.2 Å². The molecular weight excluding hydrogens is 711 g/mol.